The molecule has 73 valence electrons. The Morgan fingerprint density at radius 3 is 2.54 bits per heavy atom. The molecule has 1 nitrogen and oxygen atoms in total. The van der Waals surface area contributed by atoms with Gasteiger partial charge in [-0.1, -0.05) is 26.2 Å². The molecular formula is C11H18NS. The molecule has 0 bridgehead atoms. The van der Waals surface area contributed by atoms with Gasteiger partial charge in [-0.3, -0.25) is 0 Å². The highest BCUT2D eigenvalue weighted by molar-refractivity contribution is 7.11. The Morgan fingerprint density at radius 2 is 2.00 bits per heavy atom. The van der Waals surface area contributed by atoms with Crippen molar-refractivity contribution in [3.63, 3.8) is 0 Å². The number of aryl methyl sites for hydroxylation is 3. The molecule has 0 unspecified atom stereocenters. The average molecular weight is 196 g/mol. The fourth-order valence-corrected chi connectivity index (χ4v) is 2.31. The number of aromatic nitrogens is 1. The maximum absolute atomic E-state index is 4.51. The first-order valence-electron chi connectivity index (χ1n) is 4.96. The zero-order chi connectivity index (χ0) is 9.68. The minimum absolute atomic E-state index is 1.06. The molecule has 0 aliphatic heterocycles. The van der Waals surface area contributed by atoms with Crippen LogP contribution < -0.4 is 0 Å². The fourth-order valence-electron chi connectivity index (χ4n) is 1.45. The van der Waals surface area contributed by atoms with Gasteiger partial charge < -0.3 is 0 Å². The molecule has 1 radical (unpaired) electrons. The number of unbranched alkanes of at least 4 members (excludes halogenated alkanes) is 3. The van der Waals surface area contributed by atoms with E-state index < -0.39 is 0 Å². The zero-order valence-electron chi connectivity index (χ0n) is 8.60. The summed E-state index contributed by atoms with van der Waals surface area (Å²) in [7, 11) is 0. The van der Waals surface area contributed by atoms with Crippen LogP contribution in [0.2, 0.25) is 0 Å². The van der Waals surface area contributed by atoms with Gasteiger partial charge in [0.05, 0.1) is 10.7 Å². The summed E-state index contributed by atoms with van der Waals surface area (Å²) in [5.41, 5.74) is 1.31. The lowest BCUT2D eigenvalue weighted by Gasteiger charge is -1.97. The highest BCUT2D eigenvalue weighted by Gasteiger charge is 2.03. The second-order valence-corrected chi connectivity index (χ2v) is 4.81. The van der Waals surface area contributed by atoms with E-state index in [0.717, 1.165) is 12.8 Å². The van der Waals surface area contributed by atoms with Crippen LogP contribution in [-0.2, 0) is 6.42 Å². The van der Waals surface area contributed by atoms with Crippen LogP contribution in [0.25, 0.3) is 0 Å². The van der Waals surface area contributed by atoms with Gasteiger partial charge in [-0.25, -0.2) is 4.98 Å². The van der Waals surface area contributed by atoms with Crippen molar-refractivity contribution in [3.05, 3.63) is 22.5 Å². The molecule has 13 heavy (non-hydrogen) atoms. The van der Waals surface area contributed by atoms with Crippen molar-refractivity contribution in [3.8, 4) is 0 Å². The Bertz CT molecular complexity index is 253. The van der Waals surface area contributed by atoms with Gasteiger partial charge in [-0.15, -0.1) is 11.3 Å². The maximum atomic E-state index is 4.51. The summed E-state index contributed by atoms with van der Waals surface area (Å²) in [5.74, 6) is 0. The van der Waals surface area contributed by atoms with E-state index in [2.05, 4.69) is 25.8 Å². The quantitative estimate of drug-likeness (QED) is 0.654. The lowest BCUT2D eigenvalue weighted by Crippen LogP contribution is -1.88. The maximum Gasteiger partial charge on any atom is 0.0900 e. The molecule has 0 saturated heterocycles. The molecule has 0 fully saturated rings. The Kier molecular flexibility index (Phi) is 4.43. The third kappa shape index (κ3) is 3.47. The SMILES string of the molecule is [CH2]CCCCCc1nc(C)sc1C. The van der Waals surface area contributed by atoms with Crippen molar-refractivity contribution >= 4 is 11.3 Å². The van der Waals surface area contributed by atoms with Crippen LogP contribution in [0.3, 0.4) is 0 Å². The van der Waals surface area contributed by atoms with Crippen LogP contribution in [0.4, 0.5) is 0 Å². The number of hydrogen-bond donors (Lipinski definition) is 0. The Hall–Kier alpha value is -0.370. The smallest absolute Gasteiger partial charge is 0.0900 e. The molecule has 1 aromatic rings. The summed E-state index contributed by atoms with van der Waals surface area (Å²) in [4.78, 5) is 5.91. The summed E-state index contributed by atoms with van der Waals surface area (Å²) in [6.07, 6.45) is 6.02. The van der Waals surface area contributed by atoms with E-state index in [-0.39, 0.29) is 0 Å². The number of nitrogens with zero attached hydrogens (tertiary/aromatic N) is 1. The molecule has 1 aromatic heterocycles. The molecule has 0 atom stereocenters. The molecule has 0 aliphatic rings. The van der Waals surface area contributed by atoms with Gasteiger partial charge in [0.2, 0.25) is 0 Å². The van der Waals surface area contributed by atoms with Crippen LogP contribution in [0.5, 0.6) is 0 Å². The molecule has 0 N–H and O–H groups in total. The average Bonchev–Trinajstić information content (AvgIpc) is 2.39. The van der Waals surface area contributed by atoms with Gasteiger partial charge in [0.15, 0.2) is 0 Å². The standard InChI is InChI=1S/C11H18NS/c1-4-5-6-7-8-11-9(2)13-10(3)12-11/h1,4-8H2,2-3H3. The van der Waals surface area contributed by atoms with Crippen molar-refractivity contribution in [2.24, 2.45) is 0 Å². The minimum atomic E-state index is 1.06. The number of rotatable bonds is 5. The van der Waals surface area contributed by atoms with Crippen LogP contribution in [-0.4, -0.2) is 4.98 Å². The second kappa shape index (κ2) is 5.38. The molecular weight excluding hydrogens is 178 g/mol. The molecule has 0 aromatic carbocycles. The second-order valence-electron chi connectivity index (χ2n) is 3.40. The topological polar surface area (TPSA) is 12.9 Å². The van der Waals surface area contributed by atoms with E-state index in [4.69, 9.17) is 0 Å². The highest BCUT2D eigenvalue weighted by atomic mass is 32.1. The zero-order valence-corrected chi connectivity index (χ0v) is 9.41. The lowest BCUT2D eigenvalue weighted by molar-refractivity contribution is 0.678. The molecule has 0 saturated carbocycles. The van der Waals surface area contributed by atoms with Gasteiger partial charge >= 0.3 is 0 Å². The van der Waals surface area contributed by atoms with Crippen molar-refractivity contribution in [2.45, 2.75) is 46.0 Å². The highest BCUT2D eigenvalue weighted by Crippen LogP contribution is 2.18. The third-order valence-electron chi connectivity index (χ3n) is 2.16. The predicted molar refractivity (Wildman–Crippen MR) is 59.1 cm³/mol. The summed E-state index contributed by atoms with van der Waals surface area (Å²) < 4.78 is 0. The Morgan fingerprint density at radius 1 is 1.23 bits per heavy atom. The molecule has 2 heteroatoms. The summed E-state index contributed by atoms with van der Waals surface area (Å²) in [5, 5.41) is 1.20. The van der Waals surface area contributed by atoms with Gasteiger partial charge in [0.25, 0.3) is 0 Å². The van der Waals surface area contributed by atoms with Gasteiger partial charge in [0.1, 0.15) is 0 Å². The molecule has 1 rings (SSSR count). The first-order chi connectivity index (χ1) is 6.24. The first-order valence-corrected chi connectivity index (χ1v) is 5.78. The fraction of sp³-hybridized carbons (Fsp3) is 0.636. The minimum Gasteiger partial charge on any atom is -0.246 e. The van der Waals surface area contributed by atoms with Crippen molar-refractivity contribution in [2.75, 3.05) is 0 Å². The van der Waals surface area contributed by atoms with E-state index in [1.165, 1.54) is 34.8 Å². The third-order valence-corrected chi connectivity index (χ3v) is 3.09. The van der Waals surface area contributed by atoms with Gasteiger partial charge in [-0.2, -0.15) is 0 Å². The van der Waals surface area contributed by atoms with Crippen molar-refractivity contribution in [1.29, 1.82) is 0 Å². The largest absolute Gasteiger partial charge is 0.246 e. The van der Waals surface area contributed by atoms with Crippen LogP contribution in [0.15, 0.2) is 0 Å². The van der Waals surface area contributed by atoms with Gasteiger partial charge in [-0.05, 0) is 26.7 Å². The van der Waals surface area contributed by atoms with Crippen molar-refractivity contribution in [1.82, 2.24) is 4.98 Å². The first kappa shape index (κ1) is 10.7. The van der Waals surface area contributed by atoms with E-state index in [9.17, 15) is 0 Å². The van der Waals surface area contributed by atoms with E-state index in [1.807, 2.05) is 11.3 Å². The number of thiazole rings is 1. The normalized spacial score (nSPS) is 10.7. The van der Waals surface area contributed by atoms with E-state index in [0.29, 0.717) is 0 Å². The molecule has 1 heterocycles. The molecule has 0 amide bonds. The lowest BCUT2D eigenvalue weighted by atomic mass is 10.1. The Labute approximate surface area is 85.2 Å². The van der Waals surface area contributed by atoms with Crippen LogP contribution >= 0.6 is 11.3 Å². The van der Waals surface area contributed by atoms with E-state index >= 15 is 0 Å². The number of hydrogen-bond acceptors (Lipinski definition) is 2. The van der Waals surface area contributed by atoms with E-state index in [1.54, 1.807) is 0 Å². The summed E-state index contributed by atoms with van der Waals surface area (Å²) in [6, 6.07) is 0. The molecule has 0 aliphatic carbocycles. The predicted octanol–water partition coefficient (Wildman–Crippen LogP) is 3.70. The van der Waals surface area contributed by atoms with Crippen molar-refractivity contribution < 1.29 is 0 Å². The Balaban J connectivity index is 2.32. The molecule has 0 spiro atoms. The summed E-state index contributed by atoms with van der Waals surface area (Å²) >= 11 is 1.81. The van der Waals surface area contributed by atoms with Gasteiger partial charge in [0, 0.05) is 4.88 Å². The monoisotopic (exact) mass is 196 g/mol. The van der Waals surface area contributed by atoms with Crippen LogP contribution in [0.1, 0.15) is 41.3 Å². The summed E-state index contributed by atoms with van der Waals surface area (Å²) in [6.45, 7) is 8.09. The van der Waals surface area contributed by atoms with Crippen LogP contribution in [0, 0.1) is 20.8 Å².